The second-order valence-corrected chi connectivity index (χ2v) is 3.77. The number of likely N-dealkylation sites (N-methyl/N-ethyl adjacent to an activating group) is 1. The van der Waals surface area contributed by atoms with E-state index in [4.69, 9.17) is 0 Å². The summed E-state index contributed by atoms with van der Waals surface area (Å²) < 4.78 is 0. The van der Waals surface area contributed by atoms with Gasteiger partial charge in [-0.15, -0.1) is 0 Å². The molecule has 1 atom stereocenters. The second kappa shape index (κ2) is 3.79. The SMILES string of the molecule is C=C1C=C(C)NC([C@@H](C)N(C)C)=C1. The van der Waals surface area contributed by atoms with Crippen LogP contribution in [0.1, 0.15) is 13.8 Å². The predicted octanol–water partition coefficient (Wildman–Crippen LogP) is 1.88. The molecule has 2 nitrogen and oxygen atoms in total. The van der Waals surface area contributed by atoms with E-state index >= 15 is 0 Å². The van der Waals surface area contributed by atoms with Crippen molar-refractivity contribution in [2.24, 2.45) is 0 Å². The molecule has 0 amide bonds. The van der Waals surface area contributed by atoms with E-state index in [0.717, 1.165) is 11.3 Å². The minimum Gasteiger partial charge on any atom is -0.361 e. The molecule has 0 aromatic carbocycles. The highest BCUT2D eigenvalue weighted by Gasteiger charge is 2.13. The maximum absolute atomic E-state index is 3.95. The molecule has 0 spiro atoms. The summed E-state index contributed by atoms with van der Waals surface area (Å²) in [6.45, 7) is 8.17. The normalized spacial score (nSPS) is 19.3. The van der Waals surface area contributed by atoms with E-state index in [-0.39, 0.29) is 0 Å². The third-order valence-corrected chi connectivity index (χ3v) is 2.31. The molecule has 0 saturated heterocycles. The molecule has 0 aromatic heterocycles. The van der Waals surface area contributed by atoms with Crippen molar-refractivity contribution in [1.82, 2.24) is 10.2 Å². The molecule has 72 valence electrons. The Labute approximate surface area is 80.6 Å². The average Bonchev–Trinajstić information content (AvgIpc) is 2.01. The number of hydrogen-bond donors (Lipinski definition) is 1. The molecular weight excluding hydrogens is 160 g/mol. The molecule has 1 heterocycles. The molecule has 0 fully saturated rings. The Bertz CT molecular complexity index is 272. The molecule has 1 rings (SSSR count). The third kappa shape index (κ3) is 2.46. The zero-order chi connectivity index (χ0) is 10.0. The summed E-state index contributed by atoms with van der Waals surface area (Å²) >= 11 is 0. The van der Waals surface area contributed by atoms with Gasteiger partial charge in [0.1, 0.15) is 0 Å². The second-order valence-electron chi connectivity index (χ2n) is 3.77. The van der Waals surface area contributed by atoms with Crippen molar-refractivity contribution in [2.75, 3.05) is 14.1 Å². The van der Waals surface area contributed by atoms with Gasteiger partial charge in [0.2, 0.25) is 0 Å². The van der Waals surface area contributed by atoms with Gasteiger partial charge in [-0.25, -0.2) is 0 Å². The first-order valence-corrected chi connectivity index (χ1v) is 4.53. The highest BCUT2D eigenvalue weighted by molar-refractivity contribution is 5.39. The van der Waals surface area contributed by atoms with Gasteiger partial charge in [-0.1, -0.05) is 6.58 Å². The Morgan fingerprint density at radius 1 is 1.38 bits per heavy atom. The number of rotatable bonds is 2. The summed E-state index contributed by atoms with van der Waals surface area (Å²) in [4.78, 5) is 2.17. The molecule has 0 bridgehead atoms. The van der Waals surface area contributed by atoms with Crippen LogP contribution in [-0.2, 0) is 0 Å². The molecule has 0 radical (unpaired) electrons. The van der Waals surface area contributed by atoms with Crippen LogP contribution in [-0.4, -0.2) is 25.0 Å². The maximum Gasteiger partial charge on any atom is 0.0464 e. The fraction of sp³-hybridized carbons (Fsp3) is 0.455. The van der Waals surface area contributed by atoms with Crippen LogP contribution in [0, 0.1) is 0 Å². The highest BCUT2D eigenvalue weighted by Crippen LogP contribution is 2.15. The Balaban J connectivity index is 2.78. The van der Waals surface area contributed by atoms with Crippen LogP contribution >= 0.6 is 0 Å². The monoisotopic (exact) mass is 178 g/mol. The number of allylic oxidation sites excluding steroid dienone is 4. The van der Waals surface area contributed by atoms with Gasteiger partial charge in [-0.05, 0) is 45.7 Å². The topological polar surface area (TPSA) is 15.3 Å². The van der Waals surface area contributed by atoms with Gasteiger partial charge in [0.25, 0.3) is 0 Å². The van der Waals surface area contributed by atoms with Crippen LogP contribution in [0.2, 0.25) is 0 Å². The molecule has 0 aliphatic carbocycles. The lowest BCUT2D eigenvalue weighted by atomic mass is 10.1. The summed E-state index contributed by atoms with van der Waals surface area (Å²) in [7, 11) is 4.15. The molecule has 1 aliphatic rings. The highest BCUT2D eigenvalue weighted by atomic mass is 15.1. The van der Waals surface area contributed by atoms with E-state index in [0.29, 0.717) is 6.04 Å². The minimum absolute atomic E-state index is 0.403. The number of dihydropyridines is 1. The van der Waals surface area contributed by atoms with Gasteiger partial charge in [0.05, 0.1) is 0 Å². The largest absolute Gasteiger partial charge is 0.361 e. The van der Waals surface area contributed by atoms with Crippen molar-refractivity contribution in [3.05, 3.63) is 35.7 Å². The molecule has 0 saturated carbocycles. The third-order valence-electron chi connectivity index (χ3n) is 2.31. The molecule has 1 N–H and O–H groups in total. The van der Waals surface area contributed by atoms with Crippen LogP contribution < -0.4 is 5.32 Å². The van der Waals surface area contributed by atoms with Crippen molar-refractivity contribution in [2.45, 2.75) is 19.9 Å². The van der Waals surface area contributed by atoms with Crippen molar-refractivity contribution in [3.63, 3.8) is 0 Å². The quantitative estimate of drug-likeness (QED) is 0.694. The minimum atomic E-state index is 0.403. The van der Waals surface area contributed by atoms with Crippen LogP contribution in [0.25, 0.3) is 0 Å². The Morgan fingerprint density at radius 3 is 2.46 bits per heavy atom. The Hall–Kier alpha value is -1.02. The Kier molecular flexibility index (Phi) is 2.94. The predicted molar refractivity (Wildman–Crippen MR) is 57.3 cm³/mol. The molecular formula is C11H18N2. The van der Waals surface area contributed by atoms with Gasteiger partial charge >= 0.3 is 0 Å². The zero-order valence-corrected chi connectivity index (χ0v) is 8.89. The number of hydrogen-bond acceptors (Lipinski definition) is 2. The average molecular weight is 178 g/mol. The van der Waals surface area contributed by atoms with Gasteiger partial charge in [-0.3, -0.25) is 0 Å². The van der Waals surface area contributed by atoms with Crippen LogP contribution in [0.5, 0.6) is 0 Å². The first-order valence-electron chi connectivity index (χ1n) is 4.53. The summed E-state index contributed by atoms with van der Waals surface area (Å²) in [5.41, 5.74) is 3.45. The van der Waals surface area contributed by atoms with Gasteiger partial charge in [0.15, 0.2) is 0 Å². The smallest absolute Gasteiger partial charge is 0.0464 e. The fourth-order valence-corrected chi connectivity index (χ4v) is 1.32. The summed E-state index contributed by atoms with van der Waals surface area (Å²) in [6, 6.07) is 0.403. The van der Waals surface area contributed by atoms with Gasteiger partial charge in [-0.2, -0.15) is 0 Å². The van der Waals surface area contributed by atoms with Crippen LogP contribution in [0.4, 0.5) is 0 Å². The van der Waals surface area contributed by atoms with Gasteiger partial charge < -0.3 is 10.2 Å². The van der Waals surface area contributed by atoms with Crippen LogP contribution in [0.15, 0.2) is 35.7 Å². The molecule has 0 unspecified atom stereocenters. The zero-order valence-electron chi connectivity index (χ0n) is 8.89. The summed E-state index contributed by atoms with van der Waals surface area (Å²) in [5.74, 6) is 0. The lowest BCUT2D eigenvalue weighted by Gasteiger charge is -2.26. The summed E-state index contributed by atoms with van der Waals surface area (Å²) in [5, 5.41) is 3.35. The standard InChI is InChI=1S/C11H18N2/c1-8-6-9(2)12-11(7-8)10(3)13(4)5/h6-7,10,12H,1H2,2-5H3/t10-/m1/s1. The van der Waals surface area contributed by atoms with Crippen molar-refractivity contribution in [3.8, 4) is 0 Å². The van der Waals surface area contributed by atoms with Crippen LogP contribution in [0.3, 0.4) is 0 Å². The molecule has 1 aliphatic heterocycles. The van der Waals surface area contributed by atoms with E-state index in [1.807, 2.05) is 6.08 Å². The lowest BCUT2D eigenvalue weighted by Crippen LogP contribution is -2.33. The maximum atomic E-state index is 3.95. The molecule has 2 heteroatoms. The fourth-order valence-electron chi connectivity index (χ4n) is 1.32. The lowest BCUT2D eigenvalue weighted by molar-refractivity contribution is 0.341. The van der Waals surface area contributed by atoms with E-state index in [9.17, 15) is 0 Å². The molecule has 13 heavy (non-hydrogen) atoms. The van der Waals surface area contributed by atoms with E-state index in [1.54, 1.807) is 0 Å². The van der Waals surface area contributed by atoms with Crippen molar-refractivity contribution >= 4 is 0 Å². The van der Waals surface area contributed by atoms with E-state index < -0.39 is 0 Å². The van der Waals surface area contributed by atoms with E-state index in [1.165, 1.54) is 5.70 Å². The Morgan fingerprint density at radius 2 is 2.00 bits per heavy atom. The first-order chi connectivity index (χ1) is 6.00. The summed E-state index contributed by atoms with van der Waals surface area (Å²) in [6.07, 6.45) is 4.14. The van der Waals surface area contributed by atoms with Crippen molar-refractivity contribution in [1.29, 1.82) is 0 Å². The van der Waals surface area contributed by atoms with Gasteiger partial charge in [0, 0.05) is 17.4 Å². The van der Waals surface area contributed by atoms with E-state index in [2.05, 4.69) is 50.8 Å². The van der Waals surface area contributed by atoms with Crippen molar-refractivity contribution < 1.29 is 0 Å². The molecule has 0 aromatic rings. The first kappa shape index (κ1) is 10.1. The number of nitrogens with zero attached hydrogens (tertiary/aromatic N) is 1. The number of nitrogens with one attached hydrogen (secondary N) is 1.